The SMILES string of the molecule is Cc1cc(I)cnc1Nc1c(C(=O)O)cc2c(ncn2C)c1F. The van der Waals surface area contributed by atoms with Crippen LogP contribution in [0.5, 0.6) is 0 Å². The van der Waals surface area contributed by atoms with Crippen molar-refractivity contribution in [2.24, 2.45) is 7.05 Å². The van der Waals surface area contributed by atoms with Crippen LogP contribution in [0, 0.1) is 16.3 Å². The van der Waals surface area contributed by atoms with E-state index in [1.54, 1.807) is 17.8 Å². The zero-order valence-electron chi connectivity index (χ0n) is 12.3. The minimum absolute atomic E-state index is 0.114. The average Bonchev–Trinajstić information content (AvgIpc) is 2.85. The van der Waals surface area contributed by atoms with Crippen molar-refractivity contribution in [3.8, 4) is 0 Å². The molecule has 0 aliphatic heterocycles. The van der Waals surface area contributed by atoms with Gasteiger partial charge in [0, 0.05) is 16.8 Å². The average molecular weight is 426 g/mol. The number of anilines is 2. The zero-order chi connectivity index (χ0) is 16.7. The number of carboxylic acid groups (broad SMARTS) is 1. The van der Waals surface area contributed by atoms with Crippen LogP contribution in [0.25, 0.3) is 11.0 Å². The van der Waals surface area contributed by atoms with E-state index in [2.05, 4.69) is 37.9 Å². The fourth-order valence-corrected chi connectivity index (χ4v) is 2.91. The molecule has 0 aliphatic rings. The Morgan fingerprint density at radius 1 is 1.39 bits per heavy atom. The van der Waals surface area contributed by atoms with Crippen molar-refractivity contribution in [2.45, 2.75) is 6.92 Å². The lowest BCUT2D eigenvalue weighted by atomic mass is 10.1. The van der Waals surface area contributed by atoms with Crippen molar-refractivity contribution in [3.05, 3.63) is 45.2 Å². The summed E-state index contributed by atoms with van der Waals surface area (Å²) in [7, 11) is 1.68. The van der Waals surface area contributed by atoms with Gasteiger partial charge in [0.05, 0.1) is 23.1 Å². The van der Waals surface area contributed by atoms with Gasteiger partial charge in [0.2, 0.25) is 0 Å². The van der Waals surface area contributed by atoms with Gasteiger partial charge in [-0.3, -0.25) is 0 Å². The van der Waals surface area contributed by atoms with Gasteiger partial charge in [-0.2, -0.15) is 0 Å². The molecule has 6 nitrogen and oxygen atoms in total. The molecule has 0 unspecified atom stereocenters. The lowest BCUT2D eigenvalue weighted by molar-refractivity contribution is 0.0697. The van der Waals surface area contributed by atoms with E-state index in [9.17, 15) is 14.3 Å². The van der Waals surface area contributed by atoms with Crippen LogP contribution >= 0.6 is 22.6 Å². The van der Waals surface area contributed by atoms with E-state index in [0.29, 0.717) is 11.3 Å². The molecule has 0 bridgehead atoms. The van der Waals surface area contributed by atoms with E-state index in [1.165, 1.54) is 12.4 Å². The highest BCUT2D eigenvalue weighted by Gasteiger charge is 2.21. The Hall–Kier alpha value is -2.23. The molecule has 2 aromatic heterocycles. The second kappa shape index (κ2) is 5.76. The molecule has 8 heteroatoms. The van der Waals surface area contributed by atoms with Crippen LogP contribution < -0.4 is 5.32 Å². The summed E-state index contributed by atoms with van der Waals surface area (Å²) in [5.41, 5.74) is 1.01. The molecule has 0 atom stereocenters. The number of benzene rings is 1. The lowest BCUT2D eigenvalue weighted by Gasteiger charge is -2.13. The monoisotopic (exact) mass is 426 g/mol. The number of hydrogen-bond acceptors (Lipinski definition) is 4. The van der Waals surface area contributed by atoms with Gasteiger partial charge in [-0.1, -0.05) is 0 Å². The highest BCUT2D eigenvalue weighted by atomic mass is 127. The number of nitrogens with one attached hydrogen (secondary N) is 1. The molecule has 1 aromatic carbocycles. The Balaban J connectivity index is 2.21. The Kier molecular flexibility index (Phi) is 3.92. The number of aromatic nitrogens is 3. The Morgan fingerprint density at radius 3 is 2.78 bits per heavy atom. The second-order valence-corrected chi connectivity index (χ2v) is 6.33. The summed E-state index contributed by atoms with van der Waals surface area (Å²) in [5.74, 6) is -1.53. The maximum Gasteiger partial charge on any atom is 0.338 e. The molecule has 0 fully saturated rings. The first-order chi connectivity index (χ1) is 10.9. The molecule has 3 aromatic rings. The number of fused-ring (bicyclic) bond motifs is 1. The van der Waals surface area contributed by atoms with Gasteiger partial charge < -0.3 is 15.0 Å². The lowest BCUT2D eigenvalue weighted by Crippen LogP contribution is -2.08. The third-order valence-corrected chi connectivity index (χ3v) is 4.07. The van der Waals surface area contributed by atoms with Gasteiger partial charge in [-0.25, -0.2) is 19.2 Å². The number of pyridine rings is 1. The fraction of sp³-hybridized carbons (Fsp3) is 0.133. The number of halogens is 2. The predicted octanol–water partition coefficient (Wildman–Crippen LogP) is 3.46. The molecule has 0 spiro atoms. The number of imidazole rings is 1. The first kappa shape index (κ1) is 15.7. The van der Waals surface area contributed by atoms with Crippen LogP contribution in [0.2, 0.25) is 0 Å². The smallest absolute Gasteiger partial charge is 0.338 e. The fourth-order valence-electron chi connectivity index (χ4n) is 2.31. The molecule has 0 saturated carbocycles. The van der Waals surface area contributed by atoms with E-state index in [-0.39, 0.29) is 16.8 Å². The summed E-state index contributed by atoms with van der Waals surface area (Å²) in [5, 5.41) is 12.2. The molecule has 3 rings (SSSR count). The highest BCUT2D eigenvalue weighted by Crippen LogP contribution is 2.31. The number of hydrogen-bond donors (Lipinski definition) is 2. The molecule has 2 N–H and O–H groups in total. The Morgan fingerprint density at radius 2 is 2.13 bits per heavy atom. The zero-order valence-corrected chi connectivity index (χ0v) is 14.4. The molecule has 0 saturated heterocycles. The first-order valence-electron chi connectivity index (χ1n) is 6.64. The quantitative estimate of drug-likeness (QED) is 0.628. The largest absolute Gasteiger partial charge is 0.478 e. The van der Waals surface area contributed by atoms with Gasteiger partial charge in [0.25, 0.3) is 0 Å². The van der Waals surface area contributed by atoms with E-state index >= 15 is 0 Å². The van der Waals surface area contributed by atoms with Crippen LogP contribution in [-0.2, 0) is 7.05 Å². The van der Waals surface area contributed by atoms with Crippen molar-refractivity contribution in [2.75, 3.05) is 5.32 Å². The van der Waals surface area contributed by atoms with E-state index in [1.807, 2.05) is 13.0 Å². The van der Waals surface area contributed by atoms with Crippen LogP contribution in [-0.4, -0.2) is 25.6 Å². The van der Waals surface area contributed by atoms with Crippen molar-refractivity contribution in [1.29, 1.82) is 0 Å². The molecule has 118 valence electrons. The number of aromatic carboxylic acids is 1. The maximum absolute atomic E-state index is 14.8. The summed E-state index contributed by atoms with van der Waals surface area (Å²) in [6.45, 7) is 1.81. The molecule has 23 heavy (non-hydrogen) atoms. The van der Waals surface area contributed by atoms with Gasteiger partial charge in [0.1, 0.15) is 11.3 Å². The van der Waals surface area contributed by atoms with Gasteiger partial charge >= 0.3 is 5.97 Å². The Bertz CT molecular complexity index is 939. The van der Waals surface area contributed by atoms with Crippen molar-refractivity contribution in [3.63, 3.8) is 0 Å². The molecule has 2 heterocycles. The number of nitrogens with zero attached hydrogens (tertiary/aromatic N) is 3. The summed E-state index contributed by atoms with van der Waals surface area (Å²) >= 11 is 2.12. The molecule has 0 aliphatic carbocycles. The van der Waals surface area contributed by atoms with Crippen molar-refractivity contribution < 1.29 is 14.3 Å². The summed E-state index contributed by atoms with van der Waals surface area (Å²) in [6.07, 6.45) is 3.06. The van der Waals surface area contributed by atoms with Gasteiger partial charge in [0.15, 0.2) is 5.82 Å². The van der Waals surface area contributed by atoms with Crippen LogP contribution in [0.4, 0.5) is 15.9 Å². The summed E-state index contributed by atoms with van der Waals surface area (Å²) in [4.78, 5) is 19.7. The highest BCUT2D eigenvalue weighted by molar-refractivity contribution is 14.1. The third kappa shape index (κ3) is 2.74. The van der Waals surface area contributed by atoms with Gasteiger partial charge in [-0.15, -0.1) is 0 Å². The summed E-state index contributed by atoms with van der Waals surface area (Å²) < 4.78 is 17.3. The van der Waals surface area contributed by atoms with Gasteiger partial charge in [-0.05, 0) is 47.2 Å². The predicted molar refractivity (Wildman–Crippen MR) is 92.6 cm³/mol. The Labute approximate surface area is 144 Å². The van der Waals surface area contributed by atoms with E-state index in [4.69, 9.17) is 0 Å². The molecular formula is C15H12FIN4O2. The normalized spacial score (nSPS) is 11.0. The summed E-state index contributed by atoms with van der Waals surface area (Å²) in [6, 6.07) is 3.27. The topological polar surface area (TPSA) is 80.0 Å². The van der Waals surface area contributed by atoms with E-state index in [0.717, 1.165) is 9.13 Å². The van der Waals surface area contributed by atoms with Crippen LogP contribution in [0.1, 0.15) is 15.9 Å². The second-order valence-electron chi connectivity index (χ2n) is 5.09. The van der Waals surface area contributed by atoms with Crippen molar-refractivity contribution >= 4 is 51.1 Å². The number of carboxylic acids is 1. The first-order valence-corrected chi connectivity index (χ1v) is 7.72. The standard InChI is InChI=1S/C15H12FIN4O2/c1-7-3-8(17)5-18-14(7)20-12-9(15(22)23)4-10-13(11(12)16)19-6-21(10)2/h3-6H,1-2H3,(H,18,20)(H,22,23). The number of carbonyl (C=O) groups is 1. The minimum atomic E-state index is -1.22. The van der Waals surface area contributed by atoms with Crippen LogP contribution in [0.15, 0.2) is 24.7 Å². The molecular weight excluding hydrogens is 414 g/mol. The maximum atomic E-state index is 14.8. The third-order valence-electron chi connectivity index (χ3n) is 3.48. The molecule has 0 amide bonds. The molecule has 0 radical (unpaired) electrons. The number of rotatable bonds is 3. The van der Waals surface area contributed by atoms with Crippen molar-refractivity contribution in [1.82, 2.24) is 14.5 Å². The minimum Gasteiger partial charge on any atom is -0.478 e. The van der Waals surface area contributed by atoms with E-state index < -0.39 is 11.8 Å². The number of aryl methyl sites for hydroxylation is 2. The van der Waals surface area contributed by atoms with Crippen LogP contribution in [0.3, 0.4) is 0 Å².